The number of aromatic nitrogens is 2. The lowest BCUT2D eigenvalue weighted by molar-refractivity contribution is -0.0212. The van der Waals surface area contributed by atoms with Gasteiger partial charge in [0.05, 0.1) is 18.4 Å². The molecule has 0 bridgehead atoms. The zero-order chi connectivity index (χ0) is 13.0. The summed E-state index contributed by atoms with van der Waals surface area (Å²) in [6.07, 6.45) is 7.81. The topological polar surface area (TPSA) is 41.1 Å². The highest BCUT2D eigenvalue weighted by atomic mass is 16.5. The fraction of sp³-hybridized carbons (Fsp3) is 0.786. The second-order valence-electron chi connectivity index (χ2n) is 6.04. The van der Waals surface area contributed by atoms with Gasteiger partial charge in [-0.1, -0.05) is 6.42 Å². The van der Waals surface area contributed by atoms with Crippen molar-refractivity contribution in [2.24, 2.45) is 0 Å². The van der Waals surface area contributed by atoms with Crippen LogP contribution in [-0.2, 0) is 4.74 Å². The van der Waals surface area contributed by atoms with Crippen LogP contribution in [0, 0.1) is 0 Å². The molecule has 0 aliphatic carbocycles. The molecule has 1 fully saturated rings. The zero-order valence-corrected chi connectivity index (χ0v) is 11.8. The molecule has 2 heterocycles. The number of likely N-dealkylation sites (tertiary alicyclic amines) is 1. The van der Waals surface area contributed by atoms with E-state index >= 15 is 0 Å². The van der Waals surface area contributed by atoms with Crippen LogP contribution in [0.2, 0.25) is 0 Å². The lowest BCUT2D eigenvalue weighted by Crippen LogP contribution is -2.37. The average molecular weight is 251 g/mol. The third-order valence-electron chi connectivity index (χ3n) is 3.43. The maximum Gasteiger partial charge on any atom is 0.0600 e. The van der Waals surface area contributed by atoms with Crippen LogP contribution in [0.15, 0.2) is 12.4 Å². The highest BCUT2D eigenvalue weighted by Crippen LogP contribution is 2.29. The summed E-state index contributed by atoms with van der Waals surface area (Å²) in [4.78, 5) is 2.53. The lowest BCUT2D eigenvalue weighted by atomic mass is 9.98. The summed E-state index contributed by atoms with van der Waals surface area (Å²) in [5, 5.41) is 6.99. The number of aromatic amines is 1. The van der Waals surface area contributed by atoms with Crippen molar-refractivity contribution < 1.29 is 4.74 Å². The van der Waals surface area contributed by atoms with E-state index in [0.29, 0.717) is 6.04 Å². The maximum absolute atomic E-state index is 5.83. The van der Waals surface area contributed by atoms with E-state index in [-0.39, 0.29) is 5.60 Å². The molecule has 0 saturated carbocycles. The molecule has 0 amide bonds. The monoisotopic (exact) mass is 251 g/mol. The molecule has 0 radical (unpaired) electrons. The zero-order valence-electron chi connectivity index (χ0n) is 11.8. The summed E-state index contributed by atoms with van der Waals surface area (Å²) >= 11 is 0. The third kappa shape index (κ3) is 3.82. The Morgan fingerprint density at radius 2 is 2.28 bits per heavy atom. The SMILES string of the molecule is CC(C)(C)OCCN1CCCC[C@@H]1c1cn[nH]c1. The molecule has 1 aliphatic heterocycles. The summed E-state index contributed by atoms with van der Waals surface area (Å²) in [6.45, 7) is 9.30. The number of piperidine rings is 1. The maximum atomic E-state index is 5.83. The van der Waals surface area contributed by atoms with E-state index in [1.165, 1.54) is 31.4 Å². The van der Waals surface area contributed by atoms with E-state index in [2.05, 4.69) is 35.9 Å². The quantitative estimate of drug-likeness (QED) is 0.894. The molecule has 102 valence electrons. The van der Waals surface area contributed by atoms with E-state index in [4.69, 9.17) is 4.74 Å². The number of H-pyrrole nitrogens is 1. The molecular weight excluding hydrogens is 226 g/mol. The van der Waals surface area contributed by atoms with Crippen LogP contribution >= 0.6 is 0 Å². The predicted molar refractivity (Wildman–Crippen MR) is 72.5 cm³/mol. The molecule has 4 heteroatoms. The molecular formula is C14H25N3O. The van der Waals surface area contributed by atoms with Gasteiger partial charge in [-0.25, -0.2) is 0 Å². The van der Waals surface area contributed by atoms with Gasteiger partial charge >= 0.3 is 0 Å². The largest absolute Gasteiger partial charge is 0.375 e. The number of ether oxygens (including phenoxy) is 1. The smallest absolute Gasteiger partial charge is 0.0600 e. The normalized spacial score (nSPS) is 22.3. The van der Waals surface area contributed by atoms with E-state index in [9.17, 15) is 0 Å². The number of rotatable bonds is 4. The van der Waals surface area contributed by atoms with Crippen LogP contribution in [0.25, 0.3) is 0 Å². The summed E-state index contributed by atoms with van der Waals surface area (Å²) in [7, 11) is 0. The Bertz CT molecular complexity index is 342. The van der Waals surface area contributed by atoms with Gasteiger partial charge < -0.3 is 4.74 Å². The van der Waals surface area contributed by atoms with Crippen molar-refractivity contribution in [2.75, 3.05) is 19.7 Å². The third-order valence-corrected chi connectivity index (χ3v) is 3.43. The van der Waals surface area contributed by atoms with Crippen LogP contribution in [0.5, 0.6) is 0 Å². The standard InChI is InChI=1S/C14H25N3O/c1-14(2,3)18-9-8-17-7-5-4-6-13(17)12-10-15-16-11-12/h10-11,13H,4-9H2,1-3H3,(H,15,16)/t13-/m1/s1. The predicted octanol–water partition coefficient (Wildman–Crippen LogP) is 2.75. The van der Waals surface area contributed by atoms with Gasteiger partial charge in [0.15, 0.2) is 0 Å². The van der Waals surface area contributed by atoms with E-state index in [1.54, 1.807) is 0 Å². The van der Waals surface area contributed by atoms with Crippen LogP contribution in [0.3, 0.4) is 0 Å². The van der Waals surface area contributed by atoms with Crippen LogP contribution < -0.4 is 0 Å². The van der Waals surface area contributed by atoms with Crippen molar-refractivity contribution in [1.29, 1.82) is 0 Å². The van der Waals surface area contributed by atoms with Crippen molar-refractivity contribution in [1.82, 2.24) is 15.1 Å². The minimum absolute atomic E-state index is 0.0408. The second kappa shape index (κ2) is 5.85. The van der Waals surface area contributed by atoms with E-state index in [1.807, 2.05) is 12.4 Å². The number of hydrogen-bond donors (Lipinski definition) is 1. The van der Waals surface area contributed by atoms with Gasteiger partial charge in [0.2, 0.25) is 0 Å². The van der Waals surface area contributed by atoms with Gasteiger partial charge in [-0.2, -0.15) is 5.10 Å². The van der Waals surface area contributed by atoms with Gasteiger partial charge in [0.1, 0.15) is 0 Å². The molecule has 1 aliphatic rings. The molecule has 1 atom stereocenters. The first-order valence-electron chi connectivity index (χ1n) is 6.93. The molecule has 2 rings (SSSR count). The minimum Gasteiger partial charge on any atom is -0.375 e. The van der Waals surface area contributed by atoms with Crippen molar-refractivity contribution in [3.8, 4) is 0 Å². The Hall–Kier alpha value is -0.870. The first kappa shape index (κ1) is 13.6. The average Bonchev–Trinajstić information content (AvgIpc) is 2.81. The van der Waals surface area contributed by atoms with Gasteiger partial charge in [-0.05, 0) is 40.2 Å². The molecule has 0 unspecified atom stereocenters. The van der Waals surface area contributed by atoms with E-state index < -0.39 is 0 Å². The van der Waals surface area contributed by atoms with Crippen LogP contribution in [-0.4, -0.2) is 40.4 Å². The minimum atomic E-state index is -0.0408. The second-order valence-corrected chi connectivity index (χ2v) is 6.04. The van der Waals surface area contributed by atoms with Crippen LogP contribution in [0.4, 0.5) is 0 Å². The highest BCUT2D eigenvalue weighted by Gasteiger charge is 2.24. The summed E-state index contributed by atoms with van der Waals surface area (Å²) < 4.78 is 5.83. The number of nitrogens with zero attached hydrogens (tertiary/aromatic N) is 2. The summed E-state index contributed by atoms with van der Waals surface area (Å²) in [5.41, 5.74) is 1.27. The molecule has 1 aromatic rings. The van der Waals surface area contributed by atoms with Gasteiger partial charge in [0, 0.05) is 24.3 Å². The van der Waals surface area contributed by atoms with Crippen LogP contribution in [0.1, 0.15) is 51.6 Å². The Balaban J connectivity index is 1.88. The van der Waals surface area contributed by atoms with E-state index in [0.717, 1.165) is 13.2 Å². The number of hydrogen-bond acceptors (Lipinski definition) is 3. The summed E-state index contributed by atoms with van der Waals surface area (Å²) in [6, 6.07) is 0.515. The Morgan fingerprint density at radius 3 is 2.94 bits per heavy atom. The number of nitrogens with one attached hydrogen (secondary N) is 1. The van der Waals surface area contributed by atoms with Gasteiger partial charge in [0.25, 0.3) is 0 Å². The molecule has 1 saturated heterocycles. The van der Waals surface area contributed by atoms with Gasteiger partial charge in [-0.3, -0.25) is 10.00 Å². The first-order chi connectivity index (χ1) is 8.56. The van der Waals surface area contributed by atoms with Gasteiger partial charge in [-0.15, -0.1) is 0 Å². The lowest BCUT2D eigenvalue weighted by Gasteiger charge is -2.35. The fourth-order valence-corrected chi connectivity index (χ4v) is 2.55. The van der Waals surface area contributed by atoms with Crippen molar-refractivity contribution in [3.05, 3.63) is 18.0 Å². The first-order valence-corrected chi connectivity index (χ1v) is 6.93. The van der Waals surface area contributed by atoms with Crippen molar-refractivity contribution >= 4 is 0 Å². The molecule has 4 nitrogen and oxygen atoms in total. The molecule has 1 N–H and O–H groups in total. The van der Waals surface area contributed by atoms with Crippen molar-refractivity contribution in [3.63, 3.8) is 0 Å². The Labute approximate surface area is 110 Å². The Morgan fingerprint density at radius 1 is 1.44 bits per heavy atom. The summed E-state index contributed by atoms with van der Waals surface area (Å²) in [5.74, 6) is 0. The fourth-order valence-electron chi connectivity index (χ4n) is 2.55. The molecule has 0 spiro atoms. The molecule has 1 aromatic heterocycles. The molecule has 18 heavy (non-hydrogen) atoms. The van der Waals surface area contributed by atoms with Crippen molar-refractivity contribution in [2.45, 2.75) is 51.7 Å². The Kier molecular flexibility index (Phi) is 4.40. The highest BCUT2D eigenvalue weighted by molar-refractivity contribution is 5.10. The molecule has 0 aromatic carbocycles.